The van der Waals surface area contributed by atoms with Gasteiger partial charge in [0.05, 0.1) is 16.4 Å². The van der Waals surface area contributed by atoms with Crippen molar-refractivity contribution in [2.45, 2.75) is 32.7 Å². The van der Waals surface area contributed by atoms with Gasteiger partial charge in [0.2, 0.25) is 5.91 Å². The molecular formula is C15H19BrClN3O. The van der Waals surface area contributed by atoms with E-state index in [0.29, 0.717) is 18.3 Å². The SMILES string of the molecule is CC(C)CNC(=O)Cn1c(C(C)Cl)nc2cc(Br)ccc21. The molecule has 1 N–H and O–H groups in total. The second-order valence-corrected chi connectivity index (χ2v) is 7.07. The summed E-state index contributed by atoms with van der Waals surface area (Å²) in [5, 5.41) is 2.67. The van der Waals surface area contributed by atoms with E-state index in [9.17, 15) is 4.79 Å². The lowest BCUT2D eigenvalue weighted by molar-refractivity contribution is -0.121. The molecule has 0 aliphatic heterocycles. The average Bonchev–Trinajstić information content (AvgIpc) is 2.74. The fourth-order valence-electron chi connectivity index (χ4n) is 2.11. The van der Waals surface area contributed by atoms with Gasteiger partial charge < -0.3 is 9.88 Å². The lowest BCUT2D eigenvalue weighted by atomic mass is 10.2. The molecule has 0 aliphatic rings. The lowest BCUT2D eigenvalue weighted by Crippen LogP contribution is -2.31. The number of halogens is 2. The monoisotopic (exact) mass is 371 g/mol. The summed E-state index contributed by atoms with van der Waals surface area (Å²) in [5.74, 6) is 1.12. The minimum atomic E-state index is -0.255. The van der Waals surface area contributed by atoms with Gasteiger partial charge in [-0.25, -0.2) is 4.98 Å². The minimum absolute atomic E-state index is 0.0236. The number of hydrogen-bond acceptors (Lipinski definition) is 2. The van der Waals surface area contributed by atoms with Gasteiger partial charge in [0.25, 0.3) is 0 Å². The van der Waals surface area contributed by atoms with E-state index in [1.165, 1.54) is 0 Å². The molecule has 2 aromatic rings. The zero-order chi connectivity index (χ0) is 15.6. The molecule has 1 atom stereocenters. The number of alkyl halides is 1. The summed E-state index contributed by atoms with van der Waals surface area (Å²) in [4.78, 5) is 16.6. The first kappa shape index (κ1) is 16.3. The quantitative estimate of drug-likeness (QED) is 0.810. The molecular weight excluding hydrogens is 354 g/mol. The van der Waals surface area contributed by atoms with Gasteiger partial charge in [-0.3, -0.25) is 4.79 Å². The van der Waals surface area contributed by atoms with Crippen LogP contribution in [0.5, 0.6) is 0 Å². The number of carbonyl (C=O) groups excluding carboxylic acids is 1. The van der Waals surface area contributed by atoms with Crippen molar-refractivity contribution in [2.24, 2.45) is 5.92 Å². The number of carbonyl (C=O) groups is 1. The van der Waals surface area contributed by atoms with E-state index in [0.717, 1.165) is 15.5 Å². The van der Waals surface area contributed by atoms with E-state index in [2.05, 4.69) is 40.1 Å². The van der Waals surface area contributed by atoms with Crippen LogP contribution in [-0.2, 0) is 11.3 Å². The number of nitrogens with zero attached hydrogens (tertiary/aromatic N) is 2. The third-order valence-corrected chi connectivity index (χ3v) is 3.79. The van der Waals surface area contributed by atoms with Crippen molar-refractivity contribution in [2.75, 3.05) is 6.54 Å². The highest BCUT2D eigenvalue weighted by atomic mass is 79.9. The Morgan fingerprint density at radius 3 is 2.76 bits per heavy atom. The van der Waals surface area contributed by atoms with Crippen LogP contribution in [0.1, 0.15) is 32.0 Å². The molecule has 0 spiro atoms. The summed E-state index contributed by atoms with van der Waals surface area (Å²) >= 11 is 9.64. The third-order valence-electron chi connectivity index (χ3n) is 3.10. The van der Waals surface area contributed by atoms with Crippen molar-refractivity contribution >= 4 is 44.5 Å². The van der Waals surface area contributed by atoms with Crippen LogP contribution in [0, 0.1) is 5.92 Å². The van der Waals surface area contributed by atoms with E-state index in [4.69, 9.17) is 11.6 Å². The molecule has 1 aromatic heterocycles. The molecule has 0 radical (unpaired) electrons. The minimum Gasteiger partial charge on any atom is -0.354 e. The fraction of sp³-hybridized carbons (Fsp3) is 0.467. The highest BCUT2D eigenvalue weighted by Crippen LogP contribution is 2.26. The Bertz CT molecular complexity index is 652. The molecule has 21 heavy (non-hydrogen) atoms. The Balaban J connectivity index is 2.32. The maximum atomic E-state index is 12.1. The van der Waals surface area contributed by atoms with Crippen LogP contribution in [0.15, 0.2) is 22.7 Å². The standard InChI is InChI=1S/C15H19BrClN3O/c1-9(2)7-18-14(21)8-20-13-5-4-11(16)6-12(13)19-15(20)10(3)17/h4-6,9-10H,7-8H2,1-3H3,(H,18,21). The second-order valence-electron chi connectivity index (χ2n) is 5.50. The molecule has 1 unspecified atom stereocenters. The summed E-state index contributed by atoms with van der Waals surface area (Å²) < 4.78 is 2.84. The van der Waals surface area contributed by atoms with Crippen molar-refractivity contribution in [1.29, 1.82) is 0 Å². The van der Waals surface area contributed by atoms with Gasteiger partial charge in [0.15, 0.2) is 0 Å². The number of nitrogens with one attached hydrogen (secondary N) is 1. The number of rotatable bonds is 5. The maximum absolute atomic E-state index is 12.1. The molecule has 114 valence electrons. The van der Waals surface area contributed by atoms with Gasteiger partial charge in [0.1, 0.15) is 12.4 Å². The van der Waals surface area contributed by atoms with Crippen molar-refractivity contribution in [3.8, 4) is 0 Å². The molecule has 1 heterocycles. The Morgan fingerprint density at radius 2 is 2.14 bits per heavy atom. The number of imidazole rings is 1. The molecule has 0 aliphatic carbocycles. The predicted octanol–water partition coefficient (Wildman–Crippen LogP) is 3.87. The first-order chi connectivity index (χ1) is 9.88. The Kier molecular flexibility index (Phi) is 5.27. The Morgan fingerprint density at radius 1 is 1.43 bits per heavy atom. The summed E-state index contributed by atoms with van der Waals surface area (Å²) in [6.45, 7) is 6.90. The molecule has 0 bridgehead atoms. The van der Waals surface area contributed by atoms with Crippen LogP contribution in [0.25, 0.3) is 11.0 Å². The predicted molar refractivity (Wildman–Crippen MR) is 89.5 cm³/mol. The van der Waals surface area contributed by atoms with Crippen molar-refractivity contribution in [3.05, 3.63) is 28.5 Å². The maximum Gasteiger partial charge on any atom is 0.240 e. The second kappa shape index (κ2) is 6.79. The molecule has 1 amide bonds. The molecule has 6 heteroatoms. The van der Waals surface area contributed by atoms with E-state index in [1.54, 1.807) is 0 Å². The van der Waals surface area contributed by atoms with Crippen LogP contribution in [-0.4, -0.2) is 22.0 Å². The van der Waals surface area contributed by atoms with E-state index in [1.807, 2.05) is 29.7 Å². The van der Waals surface area contributed by atoms with Gasteiger partial charge >= 0.3 is 0 Å². The zero-order valence-corrected chi connectivity index (χ0v) is 14.7. The number of aromatic nitrogens is 2. The highest BCUT2D eigenvalue weighted by Gasteiger charge is 2.17. The van der Waals surface area contributed by atoms with Gasteiger partial charge in [-0.2, -0.15) is 0 Å². The van der Waals surface area contributed by atoms with E-state index >= 15 is 0 Å². The summed E-state index contributed by atoms with van der Waals surface area (Å²) in [7, 11) is 0. The van der Waals surface area contributed by atoms with Gasteiger partial charge in [-0.15, -0.1) is 11.6 Å². The average molecular weight is 373 g/mol. The Hall–Kier alpha value is -1.07. The highest BCUT2D eigenvalue weighted by molar-refractivity contribution is 9.10. The first-order valence-electron chi connectivity index (χ1n) is 6.95. The molecule has 0 saturated heterocycles. The van der Waals surface area contributed by atoms with Gasteiger partial charge in [0, 0.05) is 11.0 Å². The normalized spacial score (nSPS) is 12.9. The van der Waals surface area contributed by atoms with Crippen LogP contribution >= 0.6 is 27.5 Å². The van der Waals surface area contributed by atoms with Crippen LogP contribution < -0.4 is 5.32 Å². The number of benzene rings is 1. The summed E-state index contributed by atoms with van der Waals surface area (Å²) in [6.07, 6.45) is 0. The number of amides is 1. The third kappa shape index (κ3) is 3.98. The van der Waals surface area contributed by atoms with Crippen LogP contribution in [0.4, 0.5) is 0 Å². The van der Waals surface area contributed by atoms with Gasteiger partial charge in [-0.1, -0.05) is 29.8 Å². The molecule has 1 aromatic carbocycles. The zero-order valence-electron chi connectivity index (χ0n) is 12.4. The first-order valence-corrected chi connectivity index (χ1v) is 8.18. The smallest absolute Gasteiger partial charge is 0.240 e. The summed E-state index contributed by atoms with van der Waals surface area (Å²) in [5.41, 5.74) is 1.75. The fourth-order valence-corrected chi connectivity index (χ4v) is 2.62. The largest absolute Gasteiger partial charge is 0.354 e. The van der Waals surface area contributed by atoms with Crippen molar-refractivity contribution in [1.82, 2.24) is 14.9 Å². The molecule has 0 fully saturated rings. The molecule has 0 saturated carbocycles. The molecule has 4 nitrogen and oxygen atoms in total. The number of fused-ring (bicyclic) bond motifs is 1. The lowest BCUT2D eigenvalue weighted by Gasteiger charge is -2.12. The van der Waals surface area contributed by atoms with Crippen molar-refractivity contribution < 1.29 is 4.79 Å². The van der Waals surface area contributed by atoms with E-state index in [-0.39, 0.29) is 17.8 Å². The van der Waals surface area contributed by atoms with Gasteiger partial charge in [-0.05, 0) is 31.0 Å². The number of hydrogen-bond donors (Lipinski definition) is 1. The molecule has 2 rings (SSSR count). The van der Waals surface area contributed by atoms with Crippen LogP contribution in [0.2, 0.25) is 0 Å². The topological polar surface area (TPSA) is 46.9 Å². The summed E-state index contributed by atoms with van der Waals surface area (Å²) in [6, 6.07) is 5.82. The van der Waals surface area contributed by atoms with Crippen LogP contribution in [0.3, 0.4) is 0 Å². The van der Waals surface area contributed by atoms with E-state index < -0.39 is 0 Å². The Labute approximate surface area is 138 Å². The van der Waals surface area contributed by atoms with Crippen molar-refractivity contribution in [3.63, 3.8) is 0 Å².